The van der Waals surface area contributed by atoms with Crippen LogP contribution in [0.3, 0.4) is 0 Å². The molecular weight excluding hydrogens is 446 g/mol. The Morgan fingerprint density at radius 2 is 1.93 bits per heavy atom. The van der Waals surface area contributed by atoms with E-state index in [-0.39, 0.29) is 17.7 Å². The van der Waals surface area contributed by atoms with Crippen LogP contribution < -0.4 is 10.1 Å². The highest BCUT2D eigenvalue weighted by atomic mass is 79.9. The molecule has 2 N–H and O–H groups in total. The summed E-state index contributed by atoms with van der Waals surface area (Å²) >= 11 is 3.52. The molecular formula is C23H26BrN3O3. The standard InChI is InChI=1S/C23H26BrN3O3/c1-15(28)27-11-9-23(10-12-27)25-20(16-3-6-18(30-2)7-4-16)14-21(26-23)19-13-17(24)5-8-22(19)29/h3-8,13,21,26,29H,9-12,14H2,1-2H3/t21-/m0/s1. The van der Waals surface area contributed by atoms with Crippen molar-refractivity contribution in [3.63, 3.8) is 0 Å². The van der Waals surface area contributed by atoms with Crippen molar-refractivity contribution in [2.45, 2.75) is 37.9 Å². The number of benzene rings is 2. The number of nitrogens with zero attached hydrogens (tertiary/aromatic N) is 2. The molecule has 0 aromatic heterocycles. The molecule has 7 heteroatoms. The van der Waals surface area contributed by atoms with E-state index in [1.165, 1.54) is 0 Å². The van der Waals surface area contributed by atoms with Gasteiger partial charge in [-0.05, 0) is 48.0 Å². The van der Waals surface area contributed by atoms with Gasteiger partial charge in [0.05, 0.1) is 7.11 Å². The van der Waals surface area contributed by atoms with Gasteiger partial charge in [0.25, 0.3) is 0 Å². The molecule has 1 fully saturated rings. The van der Waals surface area contributed by atoms with Crippen molar-refractivity contribution in [1.82, 2.24) is 10.2 Å². The van der Waals surface area contributed by atoms with E-state index in [0.717, 1.165) is 39.9 Å². The zero-order valence-electron chi connectivity index (χ0n) is 17.2. The summed E-state index contributed by atoms with van der Waals surface area (Å²) in [7, 11) is 1.65. The van der Waals surface area contributed by atoms with Crippen molar-refractivity contribution in [1.29, 1.82) is 0 Å². The highest BCUT2D eigenvalue weighted by molar-refractivity contribution is 9.10. The number of likely N-dealkylation sites (tertiary alicyclic amines) is 1. The van der Waals surface area contributed by atoms with Gasteiger partial charge in [-0.1, -0.05) is 15.9 Å². The first-order valence-corrected chi connectivity index (χ1v) is 10.9. The predicted octanol–water partition coefficient (Wildman–Crippen LogP) is 4.03. The first kappa shape index (κ1) is 20.9. The number of ether oxygens (including phenoxy) is 1. The second-order valence-corrected chi connectivity index (χ2v) is 8.84. The number of phenols is 1. The molecule has 30 heavy (non-hydrogen) atoms. The molecule has 0 unspecified atom stereocenters. The Morgan fingerprint density at radius 3 is 2.57 bits per heavy atom. The minimum absolute atomic E-state index is 0.0824. The van der Waals surface area contributed by atoms with Crippen molar-refractivity contribution >= 4 is 27.5 Å². The van der Waals surface area contributed by atoms with E-state index < -0.39 is 5.66 Å². The number of halogens is 1. The Labute approximate surface area is 185 Å². The van der Waals surface area contributed by atoms with E-state index in [0.29, 0.717) is 19.5 Å². The van der Waals surface area contributed by atoms with Crippen LogP contribution in [0.15, 0.2) is 51.9 Å². The van der Waals surface area contributed by atoms with Gasteiger partial charge in [0, 0.05) is 61.1 Å². The largest absolute Gasteiger partial charge is 0.508 e. The fourth-order valence-electron chi connectivity index (χ4n) is 4.31. The number of phenolic OH excluding ortho intramolecular Hbond substituents is 1. The average Bonchev–Trinajstić information content (AvgIpc) is 2.75. The first-order valence-electron chi connectivity index (χ1n) is 10.1. The minimum atomic E-state index is -0.459. The summed E-state index contributed by atoms with van der Waals surface area (Å²) in [6, 6.07) is 13.4. The molecule has 1 atom stereocenters. The predicted molar refractivity (Wildman–Crippen MR) is 120 cm³/mol. The van der Waals surface area contributed by atoms with Gasteiger partial charge in [-0.3, -0.25) is 15.1 Å². The van der Waals surface area contributed by atoms with Crippen LogP contribution in [0.4, 0.5) is 0 Å². The van der Waals surface area contributed by atoms with Crippen LogP contribution in [-0.4, -0.2) is 47.5 Å². The van der Waals surface area contributed by atoms with Gasteiger partial charge < -0.3 is 14.7 Å². The van der Waals surface area contributed by atoms with Crippen molar-refractivity contribution in [3.8, 4) is 11.5 Å². The SMILES string of the molecule is COc1ccc(C2=NC3(CCN(C(C)=O)CC3)N[C@H](c3cc(Br)ccc3O)C2)cc1. The lowest BCUT2D eigenvalue weighted by atomic mass is 9.87. The number of hydrogen-bond donors (Lipinski definition) is 2. The summed E-state index contributed by atoms with van der Waals surface area (Å²) in [5.74, 6) is 1.17. The van der Waals surface area contributed by atoms with Crippen LogP contribution in [0.1, 0.15) is 43.4 Å². The molecule has 1 saturated heterocycles. The van der Waals surface area contributed by atoms with Gasteiger partial charge in [0.2, 0.25) is 5.91 Å². The molecule has 0 aliphatic carbocycles. The van der Waals surface area contributed by atoms with E-state index in [1.54, 1.807) is 20.1 Å². The number of aromatic hydroxyl groups is 1. The number of rotatable bonds is 3. The Morgan fingerprint density at radius 1 is 1.23 bits per heavy atom. The lowest BCUT2D eigenvalue weighted by Crippen LogP contribution is -2.56. The third-order valence-electron chi connectivity index (χ3n) is 6.01. The van der Waals surface area contributed by atoms with Crippen LogP contribution >= 0.6 is 15.9 Å². The van der Waals surface area contributed by atoms with Crippen LogP contribution in [0, 0.1) is 0 Å². The zero-order chi connectivity index (χ0) is 21.3. The summed E-state index contributed by atoms with van der Waals surface area (Å²) in [4.78, 5) is 18.8. The first-order chi connectivity index (χ1) is 14.4. The molecule has 0 bridgehead atoms. The van der Waals surface area contributed by atoms with Gasteiger partial charge in [-0.25, -0.2) is 0 Å². The second-order valence-electron chi connectivity index (χ2n) is 7.93. The molecule has 1 spiro atoms. The van der Waals surface area contributed by atoms with Crippen LogP contribution in [0.25, 0.3) is 0 Å². The number of nitrogens with one attached hydrogen (secondary N) is 1. The maximum absolute atomic E-state index is 11.8. The highest BCUT2D eigenvalue weighted by Crippen LogP contribution is 2.38. The molecule has 4 rings (SSSR count). The van der Waals surface area contributed by atoms with E-state index in [1.807, 2.05) is 41.3 Å². The van der Waals surface area contributed by atoms with Crippen LogP contribution in [0.2, 0.25) is 0 Å². The highest BCUT2D eigenvalue weighted by Gasteiger charge is 2.41. The normalized spacial score (nSPS) is 20.7. The lowest BCUT2D eigenvalue weighted by molar-refractivity contribution is -0.130. The topological polar surface area (TPSA) is 74.2 Å². The third-order valence-corrected chi connectivity index (χ3v) is 6.51. The maximum atomic E-state index is 11.8. The summed E-state index contributed by atoms with van der Waals surface area (Å²) in [6.45, 7) is 2.94. The van der Waals surface area contributed by atoms with Gasteiger partial charge in [0.1, 0.15) is 17.2 Å². The van der Waals surface area contributed by atoms with Crippen LogP contribution in [-0.2, 0) is 4.79 Å². The summed E-state index contributed by atoms with van der Waals surface area (Å²) < 4.78 is 6.21. The minimum Gasteiger partial charge on any atom is -0.508 e. The van der Waals surface area contributed by atoms with Crippen molar-refractivity contribution in [2.24, 2.45) is 4.99 Å². The molecule has 158 valence electrons. The number of carbonyl (C=O) groups excluding carboxylic acids is 1. The van der Waals surface area contributed by atoms with Gasteiger partial charge >= 0.3 is 0 Å². The van der Waals surface area contributed by atoms with E-state index in [2.05, 4.69) is 21.2 Å². The average molecular weight is 472 g/mol. The van der Waals surface area contributed by atoms with Crippen LogP contribution in [0.5, 0.6) is 11.5 Å². The number of hydrogen-bond acceptors (Lipinski definition) is 5. The zero-order valence-corrected chi connectivity index (χ0v) is 18.8. The number of amides is 1. The Hall–Kier alpha value is -2.38. The summed E-state index contributed by atoms with van der Waals surface area (Å²) in [6.07, 6.45) is 2.13. The van der Waals surface area contributed by atoms with Crippen molar-refractivity contribution in [2.75, 3.05) is 20.2 Å². The third kappa shape index (κ3) is 4.23. The van der Waals surface area contributed by atoms with E-state index in [4.69, 9.17) is 9.73 Å². The van der Waals surface area contributed by atoms with Gasteiger partial charge in [0.15, 0.2) is 0 Å². The molecule has 2 aromatic carbocycles. The lowest BCUT2D eigenvalue weighted by Gasteiger charge is -2.45. The number of methoxy groups -OCH3 is 1. The Kier molecular flexibility index (Phi) is 5.84. The Balaban J connectivity index is 1.71. The second kappa shape index (κ2) is 8.40. The van der Waals surface area contributed by atoms with Crippen molar-refractivity contribution < 1.29 is 14.6 Å². The number of carbonyl (C=O) groups is 1. The van der Waals surface area contributed by atoms with Gasteiger partial charge in [-0.2, -0.15) is 0 Å². The van der Waals surface area contributed by atoms with E-state index in [9.17, 15) is 9.90 Å². The smallest absolute Gasteiger partial charge is 0.219 e. The molecule has 2 aliphatic heterocycles. The summed E-state index contributed by atoms with van der Waals surface area (Å²) in [5.41, 5.74) is 2.43. The van der Waals surface area contributed by atoms with Gasteiger partial charge in [-0.15, -0.1) is 0 Å². The Bertz CT molecular complexity index is 966. The molecule has 2 aromatic rings. The molecule has 0 saturated carbocycles. The molecule has 6 nitrogen and oxygen atoms in total. The molecule has 1 amide bonds. The molecule has 0 radical (unpaired) electrons. The fraction of sp³-hybridized carbons (Fsp3) is 0.391. The number of piperidine rings is 1. The summed E-state index contributed by atoms with van der Waals surface area (Å²) in [5, 5.41) is 14.2. The number of aliphatic imine (C=N–C) groups is 1. The molecule has 2 heterocycles. The van der Waals surface area contributed by atoms with Crippen molar-refractivity contribution in [3.05, 3.63) is 58.1 Å². The molecule has 2 aliphatic rings. The quantitative estimate of drug-likeness (QED) is 0.708. The monoisotopic (exact) mass is 471 g/mol. The fourth-order valence-corrected chi connectivity index (χ4v) is 4.69. The maximum Gasteiger partial charge on any atom is 0.219 e. The van der Waals surface area contributed by atoms with E-state index >= 15 is 0 Å².